The van der Waals surface area contributed by atoms with Crippen LogP contribution in [0.4, 0.5) is 5.00 Å². The number of thiophene rings is 1. The molecule has 0 spiro atoms. The highest BCUT2D eigenvalue weighted by molar-refractivity contribution is 7.98. The van der Waals surface area contributed by atoms with Gasteiger partial charge in [-0.2, -0.15) is 0 Å². The number of rotatable bonds is 7. The van der Waals surface area contributed by atoms with Crippen LogP contribution in [0, 0.1) is 13.8 Å². The maximum Gasteiger partial charge on any atom is 0.341 e. The van der Waals surface area contributed by atoms with Crippen LogP contribution in [-0.4, -0.2) is 43.7 Å². The molecule has 0 fully saturated rings. The predicted molar refractivity (Wildman–Crippen MR) is 108 cm³/mol. The standard InChI is InChI=1S/C19H24N2O3S2/c1-12-13(2)26-18(17(12)19(23)24-4)20-16(22)11-21(3)10-14-6-8-15(25-5)9-7-14/h6-9H,10-11H2,1-5H3,(H,20,22). The highest BCUT2D eigenvalue weighted by Crippen LogP contribution is 2.32. The van der Waals surface area contributed by atoms with Gasteiger partial charge in [0.25, 0.3) is 0 Å². The van der Waals surface area contributed by atoms with Crippen LogP contribution in [-0.2, 0) is 16.1 Å². The molecule has 0 aliphatic carbocycles. The summed E-state index contributed by atoms with van der Waals surface area (Å²) in [7, 11) is 3.24. The summed E-state index contributed by atoms with van der Waals surface area (Å²) in [5.41, 5.74) is 2.44. The van der Waals surface area contributed by atoms with Crippen LogP contribution in [0.2, 0.25) is 0 Å². The number of nitrogens with zero attached hydrogens (tertiary/aromatic N) is 1. The molecule has 2 aromatic rings. The summed E-state index contributed by atoms with van der Waals surface area (Å²) >= 11 is 3.10. The number of amides is 1. The van der Waals surface area contributed by atoms with Gasteiger partial charge < -0.3 is 10.1 Å². The molecule has 0 aliphatic heterocycles. The molecule has 1 heterocycles. The average molecular weight is 393 g/mol. The Bertz CT molecular complexity index is 785. The summed E-state index contributed by atoms with van der Waals surface area (Å²) in [6.07, 6.45) is 2.04. The molecule has 0 radical (unpaired) electrons. The molecule has 1 aromatic heterocycles. The van der Waals surface area contributed by atoms with E-state index in [4.69, 9.17) is 4.74 Å². The Kier molecular flexibility index (Phi) is 7.25. The lowest BCUT2D eigenvalue weighted by atomic mass is 10.1. The zero-order chi connectivity index (χ0) is 19.3. The summed E-state index contributed by atoms with van der Waals surface area (Å²) in [6.45, 7) is 4.69. The highest BCUT2D eigenvalue weighted by Gasteiger charge is 2.21. The van der Waals surface area contributed by atoms with Gasteiger partial charge in [-0.15, -0.1) is 23.1 Å². The van der Waals surface area contributed by atoms with Gasteiger partial charge in [-0.25, -0.2) is 4.79 Å². The molecule has 7 heteroatoms. The molecule has 0 bridgehead atoms. The van der Waals surface area contributed by atoms with E-state index in [1.165, 1.54) is 23.3 Å². The summed E-state index contributed by atoms with van der Waals surface area (Å²) in [6, 6.07) is 8.30. The number of anilines is 1. The summed E-state index contributed by atoms with van der Waals surface area (Å²) < 4.78 is 4.84. The predicted octanol–water partition coefficient (Wildman–Crippen LogP) is 3.94. The van der Waals surface area contributed by atoms with Crippen molar-refractivity contribution in [1.82, 2.24) is 4.90 Å². The zero-order valence-electron chi connectivity index (χ0n) is 15.7. The molecule has 0 saturated heterocycles. The topological polar surface area (TPSA) is 58.6 Å². The molecule has 2 rings (SSSR count). The van der Waals surface area contributed by atoms with Crippen LogP contribution in [0.15, 0.2) is 29.2 Å². The minimum Gasteiger partial charge on any atom is -0.465 e. The second-order valence-corrected chi connectivity index (χ2v) is 8.15. The third-order valence-corrected chi connectivity index (χ3v) is 5.92. The number of ether oxygens (including phenoxy) is 1. The number of hydrogen-bond acceptors (Lipinski definition) is 6. The van der Waals surface area contributed by atoms with E-state index in [2.05, 4.69) is 29.6 Å². The lowest BCUT2D eigenvalue weighted by Crippen LogP contribution is -2.30. The number of nitrogens with one attached hydrogen (secondary N) is 1. The molecule has 140 valence electrons. The van der Waals surface area contributed by atoms with Crippen LogP contribution in [0.5, 0.6) is 0 Å². The first-order valence-corrected chi connectivity index (χ1v) is 10.2. The molecule has 0 atom stereocenters. The molecule has 26 heavy (non-hydrogen) atoms. The van der Waals surface area contributed by atoms with Gasteiger partial charge in [-0.05, 0) is 50.4 Å². The second kappa shape index (κ2) is 9.21. The van der Waals surface area contributed by atoms with Gasteiger partial charge in [0.15, 0.2) is 0 Å². The lowest BCUT2D eigenvalue weighted by molar-refractivity contribution is -0.117. The SMILES string of the molecule is COC(=O)c1c(NC(=O)CN(C)Cc2ccc(SC)cc2)sc(C)c1C. The number of carbonyl (C=O) groups excluding carboxylic acids is 2. The largest absolute Gasteiger partial charge is 0.465 e. The number of carbonyl (C=O) groups is 2. The van der Waals surface area contributed by atoms with Crippen LogP contribution < -0.4 is 5.32 Å². The van der Waals surface area contributed by atoms with E-state index in [1.807, 2.05) is 32.1 Å². The fourth-order valence-corrected chi connectivity index (χ4v) is 4.05. The third-order valence-electron chi connectivity index (χ3n) is 4.05. The number of benzene rings is 1. The van der Waals surface area contributed by atoms with E-state index < -0.39 is 5.97 Å². The maximum absolute atomic E-state index is 12.4. The monoisotopic (exact) mass is 392 g/mol. The highest BCUT2D eigenvalue weighted by atomic mass is 32.2. The Labute approximate surface area is 162 Å². The van der Waals surface area contributed by atoms with E-state index in [0.717, 1.165) is 16.0 Å². The molecule has 0 unspecified atom stereocenters. The normalized spacial score (nSPS) is 10.8. The fraction of sp³-hybridized carbons (Fsp3) is 0.368. The number of thioether (sulfide) groups is 1. The van der Waals surface area contributed by atoms with Crippen molar-refractivity contribution in [2.24, 2.45) is 0 Å². The minimum absolute atomic E-state index is 0.153. The quantitative estimate of drug-likeness (QED) is 0.571. The Balaban J connectivity index is 1.99. The molecule has 5 nitrogen and oxygen atoms in total. The second-order valence-electron chi connectivity index (χ2n) is 6.05. The van der Waals surface area contributed by atoms with Crippen molar-refractivity contribution in [3.8, 4) is 0 Å². The lowest BCUT2D eigenvalue weighted by Gasteiger charge is -2.16. The molecular formula is C19H24N2O3S2. The fourth-order valence-electron chi connectivity index (χ4n) is 2.57. The molecule has 1 amide bonds. The average Bonchev–Trinajstić information content (AvgIpc) is 2.88. The van der Waals surface area contributed by atoms with Crippen LogP contribution in [0.25, 0.3) is 0 Å². The first kappa shape index (κ1) is 20.5. The number of hydrogen-bond donors (Lipinski definition) is 1. The van der Waals surface area contributed by atoms with Crippen molar-refractivity contribution in [3.05, 3.63) is 45.8 Å². The van der Waals surface area contributed by atoms with E-state index in [1.54, 1.807) is 11.8 Å². The van der Waals surface area contributed by atoms with Crippen LogP contribution in [0.1, 0.15) is 26.4 Å². The number of aryl methyl sites for hydroxylation is 1. The Morgan fingerprint density at radius 3 is 2.46 bits per heavy atom. The van der Waals surface area contributed by atoms with Crippen molar-refractivity contribution in [2.75, 3.05) is 32.3 Å². The van der Waals surface area contributed by atoms with Crippen LogP contribution >= 0.6 is 23.1 Å². The number of methoxy groups -OCH3 is 1. The van der Waals surface area contributed by atoms with E-state index in [-0.39, 0.29) is 12.5 Å². The van der Waals surface area contributed by atoms with Crippen molar-refractivity contribution in [2.45, 2.75) is 25.3 Å². The Morgan fingerprint density at radius 2 is 1.88 bits per heavy atom. The molecule has 0 saturated carbocycles. The van der Waals surface area contributed by atoms with E-state index in [0.29, 0.717) is 17.1 Å². The maximum atomic E-state index is 12.4. The van der Waals surface area contributed by atoms with Gasteiger partial charge in [0.2, 0.25) is 5.91 Å². The number of esters is 1. The van der Waals surface area contributed by atoms with E-state index in [9.17, 15) is 9.59 Å². The van der Waals surface area contributed by atoms with Gasteiger partial charge in [-0.1, -0.05) is 12.1 Å². The summed E-state index contributed by atoms with van der Waals surface area (Å²) in [5, 5.41) is 3.41. The Morgan fingerprint density at radius 1 is 1.23 bits per heavy atom. The van der Waals surface area contributed by atoms with Gasteiger partial charge in [-0.3, -0.25) is 9.69 Å². The smallest absolute Gasteiger partial charge is 0.341 e. The minimum atomic E-state index is -0.426. The van der Waals surface area contributed by atoms with Gasteiger partial charge in [0.05, 0.1) is 19.2 Å². The van der Waals surface area contributed by atoms with Gasteiger partial charge in [0, 0.05) is 16.3 Å². The molecular weight excluding hydrogens is 368 g/mol. The molecule has 1 aromatic carbocycles. The van der Waals surface area contributed by atoms with Crippen molar-refractivity contribution in [3.63, 3.8) is 0 Å². The number of likely N-dealkylation sites (N-methyl/N-ethyl adjacent to an activating group) is 1. The summed E-state index contributed by atoms with van der Waals surface area (Å²) in [5.74, 6) is -0.580. The van der Waals surface area contributed by atoms with Gasteiger partial charge >= 0.3 is 5.97 Å². The van der Waals surface area contributed by atoms with Crippen LogP contribution in [0.3, 0.4) is 0 Å². The zero-order valence-corrected chi connectivity index (χ0v) is 17.3. The summed E-state index contributed by atoms with van der Waals surface area (Å²) in [4.78, 5) is 28.5. The van der Waals surface area contributed by atoms with Gasteiger partial charge in [0.1, 0.15) is 5.00 Å². The first-order chi connectivity index (χ1) is 12.3. The molecule has 1 N–H and O–H groups in total. The van der Waals surface area contributed by atoms with Crippen molar-refractivity contribution in [1.29, 1.82) is 0 Å². The van der Waals surface area contributed by atoms with Crippen molar-refractivity contribution >= 4 is 40.0 Å². The van der Waals surface area contributed by atoms with E-state index >= 15 is 0 Å². The third kappa shape index (κ3) is 5.09. The molecule has 0 aliphatic rings. The van der Waals surface area contributed by atoms with Crippen molar-refractivity contribution < 1.29 is 14.3 Å². The Hall–Kier alpha value is -1.83. The first-order valence-electron chi connectivity index (χ1n) is 8.15.